The lowest BCUT2D eigenvalue weighted by Gasteiger charge is -2.28. The SMILES string of the molecule is CC(C)n1c(-c2cnc(N)[nH]c2=O)nc2c1C(c1ccc(Cl)cc1)N(c1cc(Cl)cn(C)c1=O)C2=O. The molecule has 4 aromatic rings. The van der Waals surface area contributed by atoms with Crippen molar-refractivity contribution in [3.63, 3.8) is 0 Å². The molecule has 1 aliphatic heterocycles. The molecule has 0 saturated carbocycles. The van der Waals surface area contributed by atoms with Gasteiger partial charge in [0.15, 0.2) is 11.6 Å². The highest BCUT2D eigenvalue weighted by Crippen LogP contribution is 2.44. The number of nitrogens with zero attached hydrogens (tertiary/aromatic N) is 5. The minimum absolute atomic E-state index is 0.0305. The summed E-state index contributed by atoms with van der Waals surface area (Å²) in [5.74, 6) is -0.253. The van der Waals surface area contributed by atoms with Crippen LogP contribution < -0.4 is 21.8 Å². The van der Waals surface area contributed by atoms with E-state index in [-0.39, 0.29) is 34.8 Å². The predicted octanol–water partition coefficient (Wildman–Crippen LogP) is 3.55. The molecule has 12 heteroatoms. The number of nitrogen functional groups attached to an aromatic ring is 1. The number of carbonyl (C=O) groups excluding carboxylic acids is 1. The minimum Gasteiger partial charge on any atom is -0.369 e. The van der Waals surface area contributed by atoms with Crippen molar-refractivity contribution in [1.82, 2.24) is 24.1 Å². The monoisotopic (exact) mass is 525 g/mol. The van der Waals surface area contributed by atoms with Gasteiger partial charge in [-0.05, 0) is 37.6 Å². The summed E-state index contributed by atoms with van der Waals surface area (Å²) in [6, 6.07) is 7.50. The van der Waals surface area contributed by atoms with Crippen LogP contribution in [0.2, 0.25) is 10.0 Å². The van der Waals surface area contributed by atoms with E-state index < -0.39 is 23.1 Å². The number of fused-ring (bicyclic) bond motifs is 1. The van der Waals surface area contributed by atoms with Crippen molar-refractivity contribution in [2.24, 2.45) is 7.05 Å². The standard InChI is InChI=1S/C24H21Cl2N7O3/c1-11(2)32-19-17(29-20(32)15-9-28-24(27)30-21(15)34)23(36)33(16-8-14(26)10-31(3)22(16)35)18(19)12-4-6-13(25)7-5-12/h4-11,18H,1-3H3,(H3,27,28,30,34). The van der Waals surface area contributed by atoms with Gasteiger partial charge in [-0.15, -0.1) is 0 Å². The third-order valence-electron chi connectivity index (χ3n) is 6.04. The zero-order chi connectivity index (χ0) is 25.9. The molecule has 1 atom stereocenters. The summed E-state index contributed by atoms with van der Waals surface area (Å²) in [6.45, 7) is 3.82. The summed E-state index contributed by atoms with van der Waals surface area (Å²) in [5.41, 5.74) is 6.37. The van der Waals surface area contributed by atoms with Crippen LogP contribution in [0.25, 0.3) is 11.4 Å². The van der Waals surface area contributed by atoms with Crippen LogP contribution in [-0.4, -0.2) is 30.0 Å². The molecule has 184 valence electrons. The molecule has 3 N–H and O–H groups in total. The van der Waals surface area contributed by atoms with Gasteiger partial charge in [0, 0.05) is 30.5 Å². The molecule has 1 unspecified atom stereocenters. The number of imidazole rings is 1. The zero-order valence-corrected chi connectivity index (χ0v) is 21.0. The summed E-state index contributed by atoms with van der Waals surface area (Å²) in [7, 11) is 1.56. The van der Waals surface area contributed by atoms with E-state index in [4.69, 9.17) is 28.9 Å². The van der Waals surface area contributed by atoms with Gasteiger partial charge in [0.2, 0.25) is 0 Å². The lowest BCUT2D eigenvalue weighted by molar-refractivity contribution is 0.0989. The van der Waals surface area contributed by atoms with Gasteiger partial charge in [0.25, 0.3) is 17.0 Å². The van der Waals surface area contributed by atoms with Crippen molar-refractivity contribution < 1.29 is 4.79 Å². The molecule has 5 rings (SSSR count). The maximum atomic E-state index is 13.9. The molecule has 36 heavy (non-hydrogen) atoms. The number of pyridine rings is 1. The first-order valence-corrected chi connectivity index (χ1v) is 11.8. The average molecular weight is 526 g/mol. The number of aromatic amines is 1. The number of hydrogen-bond acceptors (Lipinski definition) is 6. The number of rotatable bonds is 4. The molecule has 0 aliphatic carbocycles. The first kappa shape index (κ1) is 23.8. The van der Waals surface area contributed by atoms with Crippen molar-refractivity contribution in [2.75, 3.05) is 10.6 Å². The van der Waals surface area contributed by atoms with Crippen LogP contribution in [0.1, 0.15) is 47.7 Å². The number of amides is 1. The van der Waals surface area contributed by atoms with Gasteiger partial charge in [-0.1, -0.05) is 35.3 Å². The number of H-pyrrole nitrogens is 1. The number of hydrogen-bond donors (Lipinski definition) is 2. The smallest absolute Gasteiger partial charge is 0.279 e. The molecular weight excluding hydrogens is 505 g/mol. The fourth-order valence-electron chi connectivity index (χ4n) is 4.53. The van der Waals surface area contributed by atoms with E-state index in [1.807, 2.05) is 18.4 Å². The predicted molar refractivity (Wildman–Crippen MR) is 138 cm³/mol. The number of nitrogens with one attached hydrogen (secondary N) is 1. The molecule has 10 nitrogen and oxygen atoms in total. The Labute approximate surface area is 214 Å². The molecule has 1 aliphatic rings. The van der Waals surface area contributed by atoms with Gasteiger partial charge in [0.1, 0.15) is 23.1 Å². The molecule has 0 saturated heterocycles. The fourth-order valence-corrected chi connectivity index (χ4v) is 4.90. The van der Waals surface area contributed by atoms with Crippen LogP contribution in [0.5, 0.6) is 0 Å². The van der Waals surface area contributed by atoms with Gasteiger partial charge in [-0.25, -0.2) is 9.97 Å². The molecule has 1 aromatic carbocycles. The number of anilines is 2. The molecule has 4 heterocycles. The van der Waals surface area contributed by atoms with Gasteiger partial charge >= 0.3 is 0 Å². The van der Waals surface area contributed by atoms with E-state index in [9.17, 15) is 14.4 Å². The van der Waals surface area contributed by atoms with Crippen molar-refractivity contribution in [1.29, 1.82) is 0 Å². The Kier molecular flexibility index (Phi) is 5.73. The van der Waals surface area contributed by atoms with Crippen molar-refractivity contribution in [2.45, 2.75) is 25.9 Å². The Morgan fingerprint density at radius 3 is 2.42 bits per heavy atom. The van der Waals surface area contributed by atoms with E-state index in [1.165, 1.54) is 27.9 Å². The molecular formula is C24H21Cl2N7O3. The van der Waals surface area contributed by atoms with Gasteiger partial charge in [-0.2, -0.15) is 0 Å². The largest absolute Gasteiger partial charge is 0.369 e. The Balaban J connectivity index is 1.82. The van der Waals surface area contributed by atoms with Crippen LogP contribution in [0.4, 0.5) is 11.6 Å². The third-order valence-corrected chi connectivity index (χ3v) is 6.50. The lowest BCUT2D eigenvalue weighted by Crippen LogP contribution is -2.36. The van der Waals surface area contributed by atoms with E-state index in [0.717, 1.165) is 0 Å². The molecule has 3 aromatic heterocycles. The van der Waals surface area contributed by atoms with Crippen LogP contribution >= 0.6 is 23.2 Å². The highest BCUT2D eigenvalue weighted by Gasteiger charge is 2.45. The molecule has 0 spiro atoms. The number of benzene rings is 1. The van der Waals surface area contributed by atoms with Crippen LogP contribution in [0.3, 0.4) is 0 Å². The second kappa shape index (κ2) is 8.65. The summed E-state index contributed by atoms with van der Waals surface area (Å²) < 4.78 is 3.13. The highest BCUT2D eigenvalue weighted by molar-refractivity contribution is 6.31. The number of nitrogens with two attached hydrogens (primary N) is 1. The highest BCUT2D eigenvalue weighted by atomic mass is 35.5. The van der Waals surface area contributed by atoms with E-state index in [1.54, 1.807) is 31.3 Å². The molecule has 0 radical (unpaired) electrons. The van der Waals surface area contributed by atoms with Crippen LogP contribution in [0, 0.1) is 0 Å². The van der Waals surface area contributed by atoms with Crippen LogP contribution in [0.15, 0.2) is 52.3 Å². The topological polar surface area (TPSA) is 132 Å². The number of carbonyl (C=O) groups is 1. The second-order valence-electron chi connectivity index (χ2n) is 8.73. The Morgan fingerprint density at radius 1 is 1.08 bits per heavy atom. The fraction of sp³-hybridized carbons (Fsp3) is 0.208. The first-order chi connectivity index (χ1) is 17.1. The summed E-state index contributed by atoms with van der Waals surface area (Å²) in [6.07, 6.45) is 2.81. The Morgan fingerprint density at radius 2 is 1.78 bits per heavy atom. The lowest BCUT2D eigenvalue weighted by atomic mass is 10.0. The van der Waals surface area contributed by atoms with Gasteiger partial charge in [0.05, 0.1) is 10.7 Å². The molecule has 1 amide bonds. The Bertz CT molecular complexity index is 1640. The number of aromatic nitrogens is 5. The number of aryl methyl sites for hydroxylation is 1. The van der Waals surface area contributed by atoms with Crippen molar-refractivity contribution in [3.05, 3.63) is 90.4 Å². The second-order valence-corrected chi connectivity index (χ2v) is 9.61. The quantitative estimate of drug-likeness (QED) is 0.418. The van der Waals surface area contributed by atoms with E-state index >= 15 is 0 Å². The van der Waals surface area contributed by atoms with Crippen molar-refractivity contribution in [3.8, 4) is 11.4 Å². The van der Waals surface area contributed by atoms with E-state index in [2.05, 4.69) is 15.0 Å². The maximum absolute atomic E-state index is 13.9. The number of halogens is 2. The summed E-state index contributed by atoms with van der Waals surface area (Å²) >= 11 is 12.4. The Hall–Kier alpha value is -3.89. The minimum atomic E-state index is -0.736. The van der Waals surface area contributed by atoms with E-state index in [0.29, 0.717) is 21.3 Å². The molecule has 0 bridgehead atoms. The first-order valence-electron chi connectivity index (χ1n) is 11.0. The normalized spacial score (nSPS) is 15.1. The maximum Gasteiger partial charge on any atom is 0.279 e. The van der Waals surface area contributed by atoms with Gasteiger partial charge in [-0.3, -0.25) is 24.3 Å². The summed E-state index contributed by atoms with van der Waals surface area (Å²) in [5, 5.41) is 0.817. The van der Waals surface area contributed by atoms with Crippen molar-refractivity contribution >= 4 is 40.7 Å². The third kappa shape index (κ3) is 3.69. The summed E-state index contributed by atoms with van der Waals surface area (Å²) in [4.78, 5) is 52.2. The van der Waals surface area contributed by atoms with Crippen LogP contribution in [-0.2, 0) is 7.05 Å². The zero-order valence-electron chi connectivity index (χ0n) is 19.5. The van der Waals surface area contributed by atoms with Gasteiger partial charge < -0.3 is 14.9 Å². The average Bonchev–Trinajstić information content (AvgIpc) is 3.32. The molecule has 0 fully saturated rings.